The van der Waals surface area contributed by atoms with Gasteiger partial charge in [-0.25, -0.2) is 0 Å². The Bertz CT molecular complexity index is 1540. The maximum absolute atomic E-state index is 13.7. The number of ether oxygens (including phenoxy) is 8. The molecule has 3 fully saturated rings. The number of carbonyl (C=O) groups excluding carboxylic acids is 3. The van der Waals surface area contributed by atoms with E-state index in [2.05, 4.69) is 0 Å². The molecule has 18 nitrogen and oxygen atoms in total. The monoisotopic (exact) mass is 902 g/mol. The van der Waals surface area contributed by atoms with Crippen molar-refractivity contribution in [3.63, 3.8) is 0 Å². The zero-order valence-electron chi connectivity index (χ0n) is 38.7. The van der Waals surface area contributed by atoms with E-state index >= 15 is 0 Å². The Labute approximate surface area is 371 Å². The Morgan fingerprint density at radius 1 is 0.873 bits per heavy atom. The number of hydrogen-bond donors (Lipinski definition) is 6. The Morgan fingerprint density at radius 2 is 1.54 bits per heavy atom. The summed E-state index contributed by atoms with van der Waals surface area (Å²) in [6.45, 7) is 13.4. The van der Waals surface area contributed by atoms with Gasteiger partial charge in [-0.3, -0.25) is 9.59 Å². The van der Waals surface area contributed by atoms with Gasteiger partial charge < -0.3 is 78.2 Å². The SMILES string of the molecule is CC[C@H]1OC(=O)C[C@@H](O)[C@H](C)[C@@H](O[C@H]2O[C@H](C)[C@@H](O[C@H]3C[C@@](C)(O)[C@@H](O)[C@H](C)O3)[C@H](N(C)C)[C@H]2O)[C@@H](CC=O)C[C@@H](C)C(=O)/C=C/C(C)=C/[C@@H]1CO[C@@H]1O[C@H](C)[C@@H](O)[C@@H](O)[C@H]1OC. The number of carbonyl (C=O) groups is 3. The van der Waals surface area contributed by atoms with Crippen LogP contribution in [0.25, 0.3) is 0 Å². The van der Waals surface area contributed by atoms with Gasteiger partial charge >= 0.3 is 5.97 Å². The van der Waals surface area contributed by atoms with E-state index in [1.807, 2.05) is 13.0 Å². The van der Waals surface area contributed by atoms with Gasteiger partial charge in [-0.05, 0) is 73.5 Å². The molecular formula is C45H75NO17. The molecule has 0 saturated carbocycles. The normalized spacial score (nSPS) is 46.5. The second kappa shape index (κ2) is 23.5. The van der Waals surface area contributed by atoms with E-state index in [4.69, 9.17) is 37.9 Å². The fourth-order valence-electron chi connectivity index (χ4n) is 9.26. The number of likely N-dealkylation sites (N-methyl/N-ethyl adjacent to an activating group) is 1. The van der Waals surface area contributed by atoms with Gasteiger partial charge in [0.05, 0.1) is 55.2 Å². The first kappa shape index (κ1) is 53.3. The molecule has 0 spiro atoms. The van der Waals surface area contributed by atoms with E-state index in [1.165, 1.54) is 20.1 Å². The van der Waals surface area contributed by atoms with Crippen LogP contribution in [0.1, 0.15) is 87.5 Å². The van der Waals surface area contributed by atoms with Crippen molar-refractivity contribution in [3.8, 4) is 0 Å². The van der Waals surface area contributed by atoms with Crippen molar-refractivity contribution in [1.82, 2.24) is 4.90 Å². The highest BCUT2D eigenvalue weighted by atomic mass is 16.7. The lowest BCUT2D eigenvalue weighted by Gasteiger charge is -2.50. The minimum absolute atomic E-state index is 0.0407. The van der Waals surface area contributed by atoms with Crippen molar-refractivity contribution in [2.75, 3.05) is 27.8 Å². The van der Waals surface area contributed by atoms with Crippen molar-refractivity contribution >= 4 is 18.0 Å². The summed E-state index contributed by atoms with van der Waals surface area (Å²) >= 11 is 0. The molecule has 0 radical (unpaired) electrons. The number of aliphatic hydroxyl groups is 6. The van der Waals surface area contributed by atoms with E-state index < -0.39 is 140 Å². The van der Waals surface area contributed by atoms with Crippen molar-refractivity contribution < 1.29 is 82.9 Å². The first-order valence-electron chi connectivity index (χ1n) is 22.3. The van der Waals surface area contributed by atoms with E-state index in [0.717, 1.165) is 0 Å². The number of nitrogens with zero attached hydrogens (tertiary/aromatic N) is 1. The molecule has 4 aliphatic heterocycles. The van der Waals surface area contributed by atoms with E-state index in [1.54, 1.807) is 66.6 Å². The fourth-order valence-corrected chi connectivity index (χ4v) is 9.26. The van der Waals surface area contributed by atoms with Crippen LogP contribution >= 0.6 is 0 Å². The summed E-state index contributed by atoms with van der Waals surface area (Å²) in [5.41, 5.74) is -0.837. The number of aliphatic hydroxyl groups excluding tert-OH is 5. The van der Waals surface area contributed by atoms with Crippen LogP contribution in [-0.2, 0) is 52.3 Å². The highest BCUT2D eigenvalue weighted by Gasteiger charge is 2.51. The highest BCUT2D eigenvalue weighted by molar-refractivity contribution is 5.91. The Balaban J connectivity index is 1.62. The number of aldehydes is 1. The topological polar surface area (TPSA) is 250 Å². The Kier molecular flexibility index (Phi) is 19.9. The van der Waals surface area contributed by atoms with Gasteiger partial charge in [0.1, 0.15) is 49.0 Å². The molecule has 4 aliphatic rings. The van der Waals surface area contributed by atoms with Crippen molar-refractivity contribution in [3.05, 3.63) is 23.8 Å². The van der Waals surface area contributed by atoms with Gasteiger partial charge in [-0.1, -0.05) is 38.5 Å². The third kappa shape index (κ3) is 13.4. The number of allylic oxidation sites excluding steroid dienone is 3. The molecule has 21 atom stereocenters. The number of methoxy groups -OCH3 is 1. The second-order valence-corrected chi connectivity index (χ2v) is 18.5. The van der Waals surface area contributed by atoms with Gasteiger partial charge in [-0.15, -0.1) is 0 Å². The van der Waals surface area contributed by atoms with Crippen LogP contribution in [0.4, 0.5) is 0 Å². The molecule has 3 saturated heterocycles. The Morgan fingerprint density at radius 3 is 2.14 bits per heavy atom. The number of hydrogen-bond acceptors (Lipinski definition) is 18. The van der Waals surface area contributed by atoms with Crippen LogP contribution in [0.15, 0.2) is 23.8 Å². The van der Waals surface area contributed by atoms with Crippen LogP contribution < -0.4 is 0 Å². The van der Waals surface area contributed by atoms with Crippen molar-refractivity contribution in [2.24, 2.45) is 23.7 Å². The molecule has 6 N–H and O–H groups in total. The van der Waals surface area contributed by atoms with Crippen LogP contribution in [0.2, 0.25) is 0 Å². The van der Waals surface area contributed by atoms with E-state index in [0.29, 0.717) is 18.3 Å². The molecule has 0 unspecified atom stereocenters. The lowest BCUT2D eigenvalue weighted by Crippen LogP contribution is -2.65. The summed E-state index contributed by atoms with van der Waals surface area (Å²) in [6.07, 6.45) is -10.0. The average Bonchev–Trinajstić information content (AvgIpc) is 3.21. The van der Waals surface area contributed by atoms with Crippen LogP contribution in [0.3, 0.4) is 0 Å². The summed E-state index contributed by atoms with van der Waals surface area (Å²) in [5.74, 6) is -3.70. The average molecular weight is 902 g/mol. The standard InChI is InChI=1S/C45H75NO17/c1-12-32-29(21-57-44-41(56-11)38(53)36(51)25(5)59-44)17-22(2)13-14-30(48)23(3)18-28(15-16-47)39(24(4)31(49)19-33(50)61-32)63-43-37(52)35(46(9)10)40(26(6)60-43)62-34-20-45(8,55)42(54)27(7)58-34/h13-14,16-17,23-29,31-32,34-44,49,51-55H,12,15,18-21H2,1-11H3/b14-13+,22-17+/t23-,24+,25-,26-,27+,28+,29-,31-,32-,34+,35-,36-,37-,38-,39-,40-,41-,42+,43-,44-,45-/m1/s1. The zero-order chi connectivity index (χ0) is 47.1. The lowest BCUT2D eigenvalue weighted by atomic mass is 9.79. The Hall–Kier alpha value is -2.27. The molecule has 0 bridgehead atoms. The first-order valence-corrected chi connectivity index (χ1v) is 22.3. The van der Waals surface area contributed by atoms with Gasteiger partial charge in [0.15, 0.2) is 24.7 Å². The molecule has 63 heavy (non-hydrogen) atoms. The molecule has 0 aliphatic carbocycles. The van der Waals surface area contributed by atoms with Crippen molar-refractivity contribution in [2.45, 2.75) is 191 Å². The summed E-state index contributed by atoms with van der Waals surface area (Å²) in [5, 5.41) is 66.0. The second-order valence-electron chi connectivity index (χ2n) is 18.5. The largest absolute Gasteiger partial charge is 0.462 e. The third-order valence-electron chi connectivity index (χ3n) is 13.2. The predicted octanol–water partition coefficient (Wildman–Crippen LogP) is 1.18. The predicted molar refractivity (Wildman–Crippen MR) is 226 cm³/mol. The van der Waals surface area contributed by atoms with Crippen LogP contribution in [0, 0.1) is 23.7 Å². The summed E-state index contributed by atoms with van der Waals surface area (Å²) < 4.78 is 48.5. The zero-order valence-corrected chi connectivity index (χ0v) is 38.7. The summed E-state index contributed by atoms with van der Waals surface area (Å²) in [6, 6.07) is -0.754. The molecule has 18 heteroatoms. The maximum atomic E-state index is 13.7. The van der Waals surface area contributed by atoms with E-state index in [-0.39, 0.29) is 31.7 Å². The molecule has 0 aromatic heterocycles. The van der Waals surface area contributed by atoms with Gasteiger partial charge in [-0.2, -0.15) is 0 Å². The molecule has 4 heterocycles. The number of cyclic esters (lactones) is 1. The van der Waals surface area contributed by atoms with Crippen molar-refractivity contribution in [1.29, 1.82) is 0 Å². The van der Waals surface area contributed by atoms with Gasteiger partial charge in [0, 0.05) is 37.7 Å². The molecule has 4 rings (SSSR count). The van der Waals surface area contributed by atoms with Gasteiger partial charge in [0.25, 0.3) is 0 Å². The molecule has 0 amide bonds. The molecule has 362 valence electrons. The molecule has 0 aromatic rings. The minimum atomic E-state index is -1.49. The van der Waals surface area contributed by atoms with E-state index in [9.17, 15) is 45.0 Å². The lowest BCUT2D eigenvalue weighted by molar-refractivity contribution is -0.341. The summed E-state index contributed by atoms with van der Waals surface area (Å²) in [7, 11) is 4.86. The van der Waals surface area contributed by atoms with Gasteiger partial charge in [0.2, 0.25) is 0 Å². The number of rotatable bonds is 12. The smallest absolute Gasteiger partial charge is 0.308 e. The fraction of sp³-hybridized carbons (Fsp3) is 0.844. The maximum Gasteiger partial charge on any atom is 0.308 e. The number of esters is 1. The quantitative estimate of drug-likeness (QED) is 0.119. The molecular weight excluding hydrogens is 826 g/mol. The minimum Gasteiger partial charge on any atom is -0.462 e. The van der Waals surface area contributed by atoms with Crippen LogP contribution in [0.5, 0.6) is 0 Å². The summed E-state index contributed by atoms with van der Waals surface area (Å²) in [4.78, 5) is 41.4. The molecule has 0 aromatic carbocycles. The first-order chi connectivity index (χ1) is 29.5. The number of ketones is 1. The third-order valence-corrected chi connectivity index (χ3v) is 13.2. The van der Waals surface area contributed by atoms with Crippen LogP contribution in [-0.4, -0.2) is 185 Å². The highest BCUT2D eigenvalue weighted by Crippen LogP contribution is 2.37.